The van der Waals surface area contributed by atoms with Crippen molar-refractivity contribution in [1.82, 2.24) is 0 Å². The van der Waals surface area contributed by atoms with Crippen LogP contribution in [0.15, 0.2) is 51.7 Å². The average Bonchev–Trinajstić information content (AvgIpc) is 2.60. The maximum Gasteiger partial charge on any atom is 0.336 e. The zero-order chi connectivity index (χ0) is 18.7. The van der Waals surface area contributed by atoms with E-state index in [-0.39, 0.29) is 17.3 Å². The molecule has 0 amide bonds. The van der Waals surface area contributed by atoms with Crippen LogP contribution in [-0.2, 0) is 4.79 Å². The number of Topliss-reactive ketones (excluding diaryl/α,β-unsaturated/α-hetero) is 1. The van der Waals surface area contributed by atoms with E-state index in [9.17, 15) is 9.59 Å². The molecule has 1 aromatic carbocycles. The average molecular weight is 354 g/mol. The summed E-state index contributed by atoms with van der Waals surface area (Å²) in [6, 6.07) is 8.70. The maximum absolute atomic E-state index is 11.4. The number of ether oxygens (including phenoxy) is 1. The van der Waals surface area contributed by atoms with Gasteiger partial charge in [-0.2, -0.15) is 0 Å². The van der Waals surface area contributed by atoms with Gasteiger partial charge in [-0.1, -0.05) is 19.1 Å². The molecule has 1 aliphatic carbocycles. The van der Waals surface area contributed by atoms with Crippen LogP contribution in [0.25, 0.3) is 11.0 Å². The second kappa shape index (κ2) is 7.90. The first-order valence-corrected chi connectivity index (χ1v) is 9.28. The molecule has 3 atom stereocenters. The van der Waals surface area contributed by atoms with Crippen LogP contribution in [0.3, 0.4) is 0 Å². The molecule has 0 aliphatic heterocycles. The summed E-state index contributed by atoms with van der Waals surface area (Å²) in [6.07, 6.45) is 3.63. The molecule has 0 radical (unpaired) electrons. The molecule has 0 N–H and O–H groups in total. The molecule has 4 nitrogen and oxygen atoms in total. The third-order valence-electron chi connectivity index (χ3n) is 5.55. The number of carbonyl (C=O) groups is 1. The Kier molecular flexibility index (Phi) is 5.60. The molecule has 138 valence electrons. The summed E-state index contributed by atoms with van der Waals surface area (Å²) in [4.78, 5) is 22.8. The van der Waals surface area contributed by atoms with Crippen LogP contribution in [0, 0.1) is 17.8 Å². The number of ketones is 1. The summed E-state index contributed by atoms with van der Waals surface area (Å²) in [5, 5.41) is 0.868. The lowest BCUT2D eigenvalue weighted by atomic mass is 9.69. The molecule has 1 aromatic heterocycles. The van der Waals surface area contributed by atoms with Crippen LogP contribution < -0.4 is 10.4 Å². The van der Waals surface area contributed by atoms with Gasteiger partial charge in [0.25, 0.3) is 0 Å². The summed E-state index contributed by atoms with van der Waals surface area (Å²) >= 11 is 0. The predicted molar refractivity (Wildman–Crippen MR) is 102 cm³/mol. The predicted octanol–water partition coefficient (Wildman–Crippen LogP) is 4.76. The van der Waals surface area contributed by atoms with Gasteiger partial charge in [0.15, 0.2) is 0 Å². The molecular weight excluding hydrogens is 328 g/mol. The number of fused-ring (bicyclic) bond motifs is 1. The molecule has 1 saturated carbocycles. The van der Waals surface area contributed by atoms with Gasteiger partial charge in [0.1, 0.15) is 17.1 Å². The highest BCUT2D eigenvalue weighted by molar-refractivity contribution is 5.77. The number of rotatable bonds is 6. The summed E-state index contributed by atoms with van der Waals surface area (Å²) in [6.45, 7) is 8.70. The largest absolute Gasteiger partial charge is 0.493 e. The summed E-state index contributed by atoms with van der Waals surface area (Å²) in [7, 11) is 0. The Balaban J connectivity index is 1.73. The van der Waals surface area contributed by atoms with Gasteiger partial charge in [0.05, 0.1) is 6.61 Å². The lowest BCUT2D eigenvalue weighted by molar-refractivity contribution is -0.117. The molecule has 0 spiro atoms. The van der Waals surface area contributed by atoms with E-state index in [4.69, 9.17) is 9.15 Å². The fourth-order valence-electron chi connectivity index (χ4n) is 3.93. The molecule has 26 heavy (non-hydrogen) atoms. The summed E-state index contributed by atoms with van der Waals surface area (Å²) in [5.74, 6) is 2.14. The molecule has 1 heterocycles. The van der Waals surface area contributed by atoms with Gasteiger partial charge in [-0.3, -0.25) is 0 Å². The summed E-state index contributed by atoms with van der Waals surface area (Å²) in [5.41, 5.74) is 1.37. The minimum atomic E-state index is -0.367. The Morgan fingerprint density at radius 1 is 1.31 bits per heavy atom. The van der Waals surface area contributed by atoms with E-state index in [1.165, 1.54) is 11.6 Å². The Morgan fingerprint density at radius 2 is 2.08 bits per heavy atom. The van der Waals surface area contributed by atoms with Gasteiger partial charge in [0.2, 0.25) is 0 Å². The van der Waals surface area contributed by atoms with Gasteiger partial charge >= 0.3 is 5.63 Å². The first-order valence-electron chi connectivity index (χ1n) is 9.28. The van der Waals surface area contributed by atoms with Crippen molar-refractivity contribution in [2.45, 2.75) is 39.5 Å². The molecule has 1 aliphatic rings. The highest BCUT2D eigenvalue weighted by Gasteiger charge is 2.33. The Bertz CT molecular complexity index is 864. The molecule has 1 fully saturated rings. The lowest BCUT2D eigenvalue weighted by Gasteiger charge is -2.38. The number of carbonyl (C=O) groups excluding carboxylic acids is 1. The summed E-state index contributed by atoms with van der Waals surface area (Å²) < 4.78 is 11.3. The van der Waals surface area contributed by atoms with Crippen LogP contribution in [0.1, 0.15) is 39.5 Å². The number of hydrogen-bond donors (Lipinski definition) is 0. The van der Waals surface area contributed by atoms with E-state index in [1.807, 2.05) is 12.1 Å². The Labute approximate surface area is 153 Å². The van der Waals surface area contributed by atoms with Gasteiger partial charge in [-0.15, -0.1) is 0 Å². The van der Waals surface area contributed by atoms with Gasteiger partial charge in [-0.25, -0.2) is 4.79 Å². The van der Waals surface area contributed by atoms with Crippen LogP contribution in [0.2, 0.25) is 0 Å². The Hall–Kier alpha value is -2.36. The molecule has 3 rings (SSSR count). The van der Waals surface area contributed by atoms with Crippen LogP contribution in [-0.4, -0.2) is 12.4 Å². The van der Waals surface area contributed by atoms with Crippen molar-refractivity contribution in [3.63, 3.8) is 0 Å². The quantitative estimate of drug-likeness (QED) is 0.554. The fraction of sp³-hybridized carbons (Fsp3) is 0.455. The van der Waals surface area contributed by atoms with Crippen molar-refractivity contribution in [2.24, 2.45) is 17.8 Å². The van der Waals surface area contributed by atoms with Crippen molar-refractivity contribution in [3.05, 3.63) is 52.9 Å². The van der Waals surface area contributed by atoms with Crippen LogP contribution in [0.4, 0.5) is 0 Å². The SMILES string of the molecule is C=C1CCC(C)C(CCC(C)=O)C1COc1ccc2ccc(=O)oc2c1. The van der Waals surface area contributed by atoms with Crippen molar-refractivity contribution in [2.75, 3.05) is 6.61 Å². The standard InChI is InChI=1S/C22H26O4/c1-14-4-5-15(2)20(19(14)10-6-16(3)23)13-25-18-9-7-17-8-11-22(24)26-21(17)12-18/h7-9,11-12,14,19-20H,2,4-6,10,13H2,1,3H3. The Morgan fingerprint density at radius 3 is 2.85 bits per heavy atom. The highest BCUT2D eigenvalue weighted by atomic mass is 16.5. The second-order valence-electron chi connectivity index (χ2n) is 7.45. The van der Waals surface area contributed by atoms with E-state index in [1.54, 1.807) is 19.1 Å². The lowest BCUT2D eigenvalue weighted by Crippen LogP contribution is -2.32. The smallest absolute Gasteiger partial charge is 0.336 e. The molecule has 4 heteroatoms. The zero-order valence-electron chi connectivity index (χ0n) is 15.5. The second-order valence-corrected chi connectivity index (χ2v) is 7.45. The first-order chi connectivity index (χ1) is 12.4. The van der Waals surface area contributed by atoms with E-state index >= 15 is 0 Å². The zero-order valence-corrected chi connectivity index (χ0v) is 15.5. The highest BCUT2D eigenvalue weighted by Crippen LogP contribution is 2.40. The van der Waals surface area contributed by atoms with Gasteiger partial charge < -0.3 is 13.9 Å². The maximum atomic E-state index is 11.4. The van der Waals surface area contributed by atoms with Gasteiger partial charge in [0, 0.05) is 29.9 Å². The minimum absolute atomic E-state index is 0.234. The monoisotopic (exact) mass is 354 g/mol. The van der Waals surface area contributed by atoms with Crippen molar-refractivity contribution in [3.8, 4) is 5.75 Å². The number of benzene rings is 1. The van der Waals surface area contributed by atoms with Crippen LogP contribution in [0.5, 0.6) is 5.75 Å². The van der Waals surface area contributed by atoms with E-state index in [2.05, 4.69) is 13.5 Å². The molecule has 3 unspecified atom stereocenters. The first kappa shape index (κ1) is 18.4. The van der Waals surface area contributed by atoms with Gasteiger partial charge in [-0.05, 0) is 56.2 Å². The molecule has 0 saturated heterocycles. The molecule has 0 bridgehead atoms. The van der Waals surface area contributed by atoms with E-state index in [0.717, 1.165) is 24.6 Å². The molecular formula is C22H26O4. The third kappa shape index (κ3) is 4.24. The topological polar surface area (TPSA) is 56.5 Å². The fourth-order valence-corrected chi connectivity index (χ4v) is 3.93. The normalized spacial score (nSPS) is 23.2. The molecule has 2 aromatic rings. The van der Waals surface area contributed by atoms with Crippen molar-refractivity contribution in [1.29, 1.82) is 0 Å². The van der Waals surface area contributed by atoms with E-state index < -0.39 is 0 Å². The van der Waals surface area contributed by atoms with Crippen molar-refractivity contribution < 1.29 is 13.9 Å². The minimum Gasteiger partial charge on any atom is -0.493 e. The van der Waals surface area contributed by atoms with Crippen molar-refractivity contribution >= 4 is 16.8 Å². The number of hydrogen-bond acceptors (Lipinski definition) is 4. The van der Waals surface area contributed by atoms with Crippen LogP contribution >= 0.6 is 0 Å². The third-order valence-corrected chi connectivity index (χ3v) is 5.55. The van der Waals surface area contributed by atoms with E-state index in [0.29, 0.717) is 36.2 Å².